The van der Waals surface area contributed by atoms with Crippen LogP contribution >= 0.6 is 0 Å². The second-order valence-corrected chi connectivity index (χ2v) is 4.92. The van der Waals surface area contributed by atoms with Gasteiger partial charge in [-0.05, 0) is 33.2 Å². The Kier molecular flexibility index (Phi) is 7.14. The molecule has 0 amide bonds. The normalized spacial score (nSPS) is 16.0. The quantitative estimate of drug-likeness (QED) is 0.628. The molecule has 3 heteroatoms. The minimum atomic E-state index is 0.102. The Bertz CT molecular complexity index is 162. The van der Waals surface area contributed by atoms with E-state index in [9.17, 15) is 0 Å². The Hall–Kier alpha value is -0.120. The van der Waals surface area contributed by atoms with Crippen molar-refractivity contribution in [1.29, 1.82) is 0 Å². The number of nitrogens with two attached hydrogens (primary N) is 1. The van der Waals surface area contributed by atoms with Crippen molar-refractivity contribution in [2.24, 2.45) is 11.7 Å². The molecule has 0 saturated carbocycles. The predicted octanol–water partition coefficient (Wildman–Crippen LogP) is 1.72. The van der Waals surface area contributed by atoms with Crippen LogP contribution in [0.25, 0.3) is 0 Å². The molecule has 15 heavy (non-hydrogen) atoms. The maximum Gasteiger partial charge on any atom is 0.0593 e. The number of hydrogen-bond donors (Lipinski definition) is 1. The van der Waals surface area contributed by atoms with Crippen LogP contribution in [0.1, 0.15) is 34.1 Å². The number of likely N-dealkylation sites (N-methyl/N-ethyl adjacent to an activating group) is 1. The Morgan fingerprint density at radius 3 is 2.40 bits per heavy atom. The molecule has 0 fully saturated rings. The number of hydrogen-bond acceptors (Lipinski definition) is 3. The molecular weight excluding hydrogens is 188 g/mol. The van der Waals surface area contributed by atoms with E-state index in [1.54, 1.807) is 0 Å². The highest BCUT2D eigenvalue weighted by molar-refractivity contribution is 4.86. The summed E-state index contributed by atoms with van der Waals surface area (Å²) in [6.07, 6.45) is 1.13. The van der Waals surface area contributed by atoms with Gasteiger partial charge in [-0.3, -0.25) is 4.90 Å². The second kappa shape index (κ2) is 7.20. The highest BCUT2D eigenvalue weighted by Crippen LogP contribution is 2.21. The van der Waals surface area contributed by atoms with Crippen molar-refractivity contribution < 1.29 is 4.74 Å². The van der Waals surface area contributed by atoms with E-state index in [-0.39, 0.29) is 5.54 Å². The Balaban J connectivity index is 4.11. The summed E-state index contributed by atoms with van der Waals surface area (Å²) in [6, 6.07) is 0. The highest BCUT2D eigenvalue weighted by Gasteiger charge is 2.28. The minimum absolute atomic E-state index is 0.102. The first-order chi connectivity index (χ1) is 6.96. The number of rotatable bonds is 8. The monoisotopic (exact) mass is 216 g/mol. The van der Waals surface area contributed by atoms with Crippen LogP contribution in [-0.2, 0) is 4.74 Å². The van der Waals surface area contributed by atoms with Crippen LogP contribution < -0.4 is 5.73 Å². The highest BCUT2D eigenvalue weighted by atomic mass is 16.5. The van der Waals surface area contributed by atoms with Gasteiger partial charge >= 0.3 is 0 Å². The molecule has 0 spiro atoms. The van der Waals surface area contributed by atoms with Crippen LogP contribution in [0.2, 0.25) is 0 Å². The van der Waals surface area contributed by atoms with Crippen LogP contribution in [0.15, 0.2) is 0 Å². The van der Waals surface area contributed by atoms with Gasteiger partial charge in [0, 0.05) is 25.2 Å². The lowest BCUT2D eigenvalue weighted by Crippen LogP contribution is -2.51. The summed E-state index contributed by atoms with van der Waals surface area (Å²) in [5.41, 5.74) is 5.98. The molecule has 1 unspecified atom stereocenters. The first-order valence-corrected chi connectivity index (χ1v) is 5.95. The smallest absolute Gasteiger partial charge is 0.0593 e. The third kappa shape index (κ3) is 5.50. The van der Waals surface area contributed by atoms with Gasteiger partial charge in [0.05, 0.1) is 6.61 Å². The molecule has 1 atom stereocenters. The van der Waals surface area contributed by atoms with Crippen molar-refractivity contribution in [2.45, 2.75) is 39.7 Å². The van der Waals surface area contributed by atoms with Gasteiger partial charge in [0.15, 0.2) is 0 Å². The standard InChI is InChI=1S/C12H28N2O/c1-6-15-8-7-14(5)12(4,10-13)9-11(2)3/h11H,6-10,13H2,1-5H3. The summed E-state index contributed by atoms with van der Waals surface area (Å²) in [5, 5.41) is 0. The summed E-state index contributed by atoms with van der Waals surface area (Å²) in [6.45, 7) is 12.0. The van der Waals surface area contributed by atoms with E-state index in [2.05, 4.69) is 32.7 Å². The van der Waals surface area contributed by atoms with Crippen molar-refractivity contribution in [3.8, 4) is 0 Å². The number of nitrogens with zero attached hydrogens (tertiary/aromatic N) is 1. The fraction of sp³-hybridized carbons (Fsp3) is 1.00. The minimum Gasteiger partial charge on any atom is -0.380 e. The average Bonchev–Trinajstić information content (AvgIpc) is 2.16. The van der Waals surface area contributed by atoms with Crippen LogP contribution in [0.3, 0.4) is 0 Å². The van der Waals surface area contributed by atoms with Gasteiger partial charge in [0.25, 0.3) is 0 Å². The Morgan fingerprint density at radius 1 is 1.40 bits per heavy atom. The lowest BCUT2D eigenvalue weighted by atomic mass is 9.89. The molecule has 3 nitrogen and oxygen atoms in total. The van der Waals surface area contributed by atoms with E-state index in [4.69, 9.17) is 10.5 Å². The molecule has 2 N–H and O–H groups in total. The largest absolute Gasteiger partial charge is 0.380 e. The van der Waals surface area contributed by atoms with Crippen molar-refractivity contribution in [1.82, 2.24) is 4.90 Å². The van der Waals surface area contributed by atoms with Crippen molar-refractivity contribution >= 4 is 0 Å². The summed E-state index contributed by atoms with van der Waals surface area (Å²) in [4.78, 5) is 2.32. The SMILES string of the molecule is CCOCCN(C)C(C)(CN)CC(C)C. The molecule has 92 valence electrons. The topological polar surface area (TPSA) is 38.5 Å². The molecule has 0 aliphatic carbocycles. The van der Waals surface area contributed by atoms with Gasteiger partial charge in [0.2, 0.25) is 0 Å². The molecule has 0 aromatic heterocycles. The fourth-order valence-corrected chi connectivity index (χ4v) is 1.89. The molecule has 0 bridgehead atoms. The molecule has 0 aliphatic heterocycles. The van der Waals surface area contributed by atoms with E-state index in [0.717, 1.165) is 26.2 Å². The van der Waals surface area contributed by atoms with Crippen LogP contribution in [0.5, 0.6) is 0 Å². The van der Waals surface area contributed by atoms with Crippen LogP contribution in [-0.4, -0.2) is 43.8 Å². The summed E-state index contributed by atoms with van der Waals surface area (Å²) in [5.74, 6) is 0.674. The Morgan fingerprint density at radius 2 is 2.00 bits per heavy atom. The first kappa shape index (κ1) is 14.9. The van der Waals surface area contributed by atoms with Gasteiger partial charge in [-0.2, -0.15) is 0 Å². The summed E-state index contributed by atoms with van der Waals surface area (Å²) in [7, 11) is 2.13. The molecule has 0 aliphatic rings. The van der Waals surface area contributed by atoms with Crippen molar-refractivity contribution in [3.05, 3.63) is 0 Å². The predicted molar refractivity (Wildman–Crippen MR) is 66.0 cm³/mol. The lowest BCUT2D eigenvalue weighted by Gasteiger charge is -2.39. The van der Waals surface area contributed by atoms with Crippen LogP contribution in [0, 0.1) is 5.92 Å². The van der Waals surface area contributed by atoms with Gasteiger partial charge in [-0.25, -0.2) is 0 Å². The molecule has 0 rings (SSSR count). The second-order valence-electron chi connectivity index (χ2n) is 4.92. The van der Waals surface area contributed by atoms with Gasteiger partial charge in [-0.15, -0.1) is 0 Å². The third-order valence-electron chi connectivity index (χ3n) is 2.98. The lowest BCUT2D eigenvalue weighted by molar-refractivity contribution is 0.0654. The first-order valence-electron chi connectivity index (χ1n) is 5.95. The van der Waals surface area contributed by atoms with E-state index in [1.165, 1.54) is 0 Å². The summed E-state index contributed by atoms with van der Waals surface area (Å²) >= 11 is 0. The van der Waals surface area contributed by atoms with Crippen molar-refractivity contribution in [3.63, 3.8) is 0 Å². The molecule has 0 heterocycles. The maximum absolute atomic E-state index is 5.88. The van der Waals surface area contributed by atoms with E-state index in [1.807, 2.05) is 6.92 Å². The molecular formula is C12H28N2O. The fourth-order valence-electron chi connectivity index (χ4n) is 1.89. The van der Waals surface area contributed by atoms with Crippen molar-refractivity contribution in [2.75, 3.05) is 33.4 Å². The molecule has 0 aromatic carbocycles. The van der Waals surface area contributed by atoms with E-state index in [0.29, 0.717) is 12.5 Å². The number of ether oxygens (including phenoxy) is 1. The zero-order chi connectivity index (χ0) is 11.9. The summed E-state index contributed by atoms with van der Waals surface area (Å²) < 4.78 is 5.37. The Labute approximate surface area is 95.0 Å². The molecule has 0 saturated heterocycles. The van der Waals surface area contributed by atoms with Gasteiger partial charge in [0.1, 0.15) is 0 Å². The third-order valence-corrected chi connectivity index (χ3v) is 2.98. The van der Waals surface area contributed by atoms with Gasteiger partial charge in [-0.1, -0.05) is 13.8 Å². The molecule has 0 radical (unpaired) electrons. The van der Waals surface area contributed by atoms with Gasteiger partial charge < -0.3 is 10.5 Å². The molecule has 0 aromatic rings. The zero-order valence-corrected chi connectivity index (χ0v) is 11.0. The van der Waals surface area contributed by atoms with E-state index >= 15 is 0 Å². The zero-order valence-electron chi connectivity index (χ0n) is 11.0. The van der Waals surface area contributed by atoms with E-state index < -0.39 is 0 Å². The average molecular weight is 216 g/mol. The van der Waals surface area contributed by atoms with Crippen LogP contribution in [0.4, 0.5) is 0 Å². The maximum atomic E-state index is 5.88.